The first-order chi connectivity index (χ1) is 55.5. The number of alkyl halides is 1. The number of rotatable bonds is 14. The van der Waals surface area contributed by atoms with E-state index >= 15 is 0 Å². The molecule has 5 amide bonds. The Labute approximate surface area is 702 Å². The highest BCUT2D eigenvalue weighted by molar-refractivity contribution is 9.09. The predicted molar refractivity (Wildman–Crippen MR) is 447 cm³/mol. The number of hydrogen-bond acceptors (Lipinski definition) is 23. The highest BCUT2D eigenvalue weighted by Gasteiger charge is 2.42. The molecule has 5 saturated heterocycles. The molecule has 0 aliphatic carbocycles. The van der Waals surface area contributed by atoms with Crippen molar-refractivity contribution in [2.45, 2.75) is 297 Å². The molecule has 0 saturated carbocycles. The van der Waals surface area contributed by atoms with E-state index < -0.39 is 58.6 Å². The van der Waals surface area contributed by atoms with E-state index in [2.05, 4.69) is 69.3 Å². The van der Waals surface area contributed by atoms with Gasteiger partial charge >= 0.3 is 29.8 Å². The zero-order valence-electron chi connectivity index (χ0n) is 72.0. The van der Waals surface area contributed by atoms with E-state index in [4.69, 9.17) is 28.9 Å². The van der Waals surface area contributed by atoms with Gasteiger partial charge in [0.05, 0.1) is 65.7 Å². The predicted octanol–water partition coefficient (Wildman–Crippen LogP) is 8.97. The number of nitrogens with zero attached hydrogens (tertiary/aromatic N) is 12. The lowest BCUT2D eigenvalue weighted by Gasteiger charge is -2.31. The molecule has 117 heavy (non-hydrogen) atoms. The summed E-state index contributed by atoms with van der Waals surface area (Å²) in [6.45, 7) is 34.6. The fourth-order valence-electron chi connectivity index (χ4n) is 16.0. The molecule has 11 rings (SSSR count). The fourth-order valence-corrected chi connectivity index (χ4v) is 16.3. The number of nitrogens with one attached hydrogen (secondary N) is 2. The van der Waals surface area contributed by atoms with Crippen LogP contribution in [0.4, 0.5) is 0 Å². The normalized spacial score (nSPS) is 22.0. The largest absolute Gasteiger partial charge is 0.480 e. The van der Waals surface area contributed by atoms with E-state index in [-0.39, 0.29) is 84.9 Å². The van der Waals surface area contributed by atoms with Gasteiger partial charge in [-0.1, -0.05) is 53.4 Å². The van der Waals surface area contributed by atoms with E-state index in [1.54, 1.807) is 19.6 Å². The number of amides is 5. The van der Waals surface area contributed by atoms with Crippen LogP contribution in [0.25, 0.3) is 0 Å². The van der Waals surface area contributed by atoms with Crippen molar-refractivity contribution in [1.29, 1.82) is 0 Å². The lowest BCUT2D eigenvalue weighted by Crippen LogP contribution is -2.47. The van der Waals surface area contributed by atoms with E-state index in [1.807, 2.05) is 119 Å². The Bertz CT molecular complexity index is 3660. The maximum absolute atomic E-state index is 13.5. The molecule has 0 spiro atoms. The summed E-state index contributed by atoms with van der Waals surface area (Å²) < 4.78 is 22.1. The lowest BCUT2D eigenvalue weighted by atomic mass is 10.1. The summed E-state index contributed by atoms with van der Waals surface area (Å²) in [5.41, 5.74) is 3.42. The molecule has 8 aliphatic heterocycles. The third kappa shape index (κ3) is 32.5. The molecule has 11 heterocycles. The summed E-state index contributed by atoms with van der Waals surface area (Å²) in [6.07, 6.45) is 16.3. The molecular formula is C87H135BrN14O15. The molecule has 6 bridgehead atoms. The number of aliphatic carboxylic acids is 1. The number of pyridine rings is 3. The molecule has 8 aliphatic rings. The Hall–Kier alpha value is -7.61. The Kier molecular flexibility index (Phi) is 37.1. The Morgan fingerprint density at radius 2 is 0.581 bits per heavy atom. The van der Waals surface area contributed by atoms with Crippen LogP contribution in [0.3, 0.4) is 0 Å². The molecule has 0 aromatic carbocycles. The number of aromatic nitrogens is 3. The second kappa shape index (κ2) is 45.7. The van der Waals surface area contributed by atoms with Gasteiger partial charge in [0.1, 0.15) is 52.6 Å². The zero-order chi connectivity index (χ0) is 85.0. The van der Waals surface area contributed by atoms with Crippen molar-refractivity contribution in [3.63, 3.8) is 0 Å². The number of halogens is 1. The fraction of sp³-hybridized carbons (Fsp3) is 0.713. The summed E-state index contributed by atoms with van der Waals surface area (Å²) in [6, 6.07) is 15.3. The van der Waals surface area contributed by atoms with Crippen molar-refractivity contribution in [3.8, 4) is 0 Å². The summed E-state index contributed by atoms with van der Waals surface area (Å²) in [5.74, 6) is -2.58. The third-order valence-electron chi connectivity index (χ3n) is 21.3. The summed E-state index contributed by atoms with van der Waals surface area (Å²) in [5, 5.41) is 16.6. The zero-order valence-corrected chi connectivity index (χ0v) is 73.6. The third-order valence-corrected chi connectivity index (χ3v) is 21.7. The SMILES string of the molecule is CC(C)(C)OC(=O)C1CCCN1C(=O)CBr.CC(C)(C)OC(=O)C1CCCN1C(=O)CN1CCCCCN(CC(=O)N2CCCC2C(=O)O)Cc2cccc(n2)C1.CC(C)(C)OC(=O)C1CCCN1C(=O)CN1CCCCCN(CC(=O)N2CCCC2C(=O)OC(C)(C)C)Cc2cccc(n2)C1.c1cc2nc(c1)CNCCCCCNC2. The highest BCUT2D eigenvalue weighted by atomic mass is 79.9. The minimum Gasteiger partial charge on any atom is -0.480 e. The van der Waals surface area contributed by atoms with Crippen molar-refractivity contribution in [3.05, 3.63) is 88.8 Å². The molecule has 3 N–H and O–H groups in total. The first-order valence-electron chi connectivity index (χ1n) is 42.8. The van der Waals surface area contributed by atoms with Gasteiger partial charge in [-0.25, -0.2) is 24.0 Å². The Morgan fingerprint density at radius 1 is 0.342 bits per heavy atom. The van der Waals surface area contributed by atoms with Crippen molar-refractivity contribution >= 4 is 75.3 Å². The van der Waals surface area contributed by atoms with Crippen LogP contribution < -0.4 is 10.6 Å². The monoisotopic (exact) mass is 1690 g/mol. The quantitative estimate of drug-likeness (QED) is 0.0770. The molecule has 3 aromatic heterocycles. The first kappa shape index (κ1) is 94.9. The number of carboxylic acids is 1. The van der Waals surface area contributed by atoms with Crippen LogP contribution in [0, 0.1) is 0 Å². The molecule has 0 radical (unpaired) electrons. The number of esters is 4. The van der Waals surface area contributed by atoms with Gasteiger partial charge in [0.25, 0.3) is 0 Å². The van der Waals surface area contributed by atoms with Crippen molar-refractivity contribution in [1.82, 2.24) is 69.7 Å². The molecule has 5 fully saturated rings. The maximum Gasteiger partial charge on any atom is 0.329 e. The summed E-state index contributed by atoms with van der Waals surface area (Å²) in [7, 11) is 0. The average molecular weight is 1700 g/mol. The van der Waals surface area contributed by atoms with Crippen LogP contribution in [0.15, 0.2) is 54.6 Å². The number of carbonyl (C=O) groups excluding carboxylic acids is 9. The number of ether oxygens (including phenoxy) is 4. The number of hydrogen-bond donors (Lipinski definition) is 3. The minimum atomic E-state index is -0.938. The van der Waals surface area contributed by atoms with Crippen LogP contribution >= 0.6 is 15.9 Å². The van der Waals surface area contributed by atoms with Crippen LogP contribution in [0.2, 0.25) is 0 Å². The lowest BCUT2D eigenvalue weighted by molar-refractivity contribution is -0.163. The van der Waals surface area contributed by atoms with Crippen LogP contribution in [0.1, 0.15) is 239 Å². The second-order valence-electron chi connectivity index (χ2n) is 36.1. The first-order valence-corrected chi connectivity index (χ1v) is 43.9. The van der Waals surface area contributed by atoms with E-state index in [9.17, 15) is 53.1 Å². The van der Waals surface area contributed by atoms with E-state index in [0.29, 0.717) is 104 Å². The topological polar surface area (TPSA) is 320 Å². The summed E-state index contributed by atoms with van der Waals surface area (Å²) in [4.78, 5) is 158. The molecule has 650 valence electrons. The molecule has 5 atom stereocenters. The standard InChI is InChI=1S/C34H53N5O6.C30H45N5O6.C12H19N3.C11H18BrNO3/c1-33(2,3)44-31(42)27-15-11-19-38(27)29(40)23-36-17-8-7-9-18-37(22-26-14-10-13-25(21-36)35-26)24-30(41)39-20-12-16-28(39)32(43)45-34(4,5)6;1-30(2,3)41-29(40)25-13-9-17-35(25)27(37)21-33-15-6-4-5-14-32(18-22-10-7-11-23(19-33)31-22)20-26(36)34-16-8-12-24(34)28(38)39;1-2-7-13-9-11-5-4-6-12(15-11)10-14-8-3-1;1-11(2,3)16-10(15)8-5-4-6-13(8)9(14)7-12/h10,13-14,27-28H,7-9,11-12,15-24H2,1-6H3;7,10-11,24-25H,4-6,8-9,12-21H2,1-3H3,(H,38,39);4-6,13-14H,1-3,7-10H2;8H,4-7H2,1-3H3. The van der Waals surface area contributed by atoms with Crippen molar-refractivity contribution in [2.24, 2.45) is 0 Å². The van der Waals surface area contributed by atoms with Gasteiger partial charge < -0.3 is 59.2 Å². The van der Waals surface area contributed by atoms with Gasteiger partial charge in [-0.2, -0.15) is 0 Å². The smallest absolute Gasteiger partial charge is 0.329 e. The van der Waals surface area contributed by atoms with Crippen LogP contribution in [-0.4, -0.2) is 280 Å². The van der Waals surface area contributed by atoms with E-state index in [0.717, 1.165) is 144 Å². The maximum atomic E-state index is 13.5. The Balaban J connectivity index is 0.000000215. The number of likely N-dealkylation sites (tertiary alicyclic amines) is 5. The Morgan fingerprint density at radius 3 is 0.846 bits per heavy atom. The molecule has 30 heteroatoms. The highest BCUT2D eigenvalue weighted by Crippen LogP contribution is 2.28. The number of carboxylic acid groups (broad SMARTS) is 1. The molecular weight excluding hydrogens is 1560 g/mol. The van der Waals surface area contributed by atoms with Crippen LogP contribution in [-0.2, 0) is 106 Å². The number of carbonyl (C=O) groups is 10. The minimum absolute atomic E-state index is 0.0478. The molecule has 29 nitrogen and oxygen atoms in total. The summed E-state index contributed by atoms with van der Waals surface area (Å²) >= 11 is 3.12. The van der Waals surface area contributed by atoms with E-state index in [1.165, 1.54) is 24.2 Å². The second-order valence-corrected chi connectivity index (χ2v) is 36.6. The average Bonchev–Trinajstić information content (AvgIpc) is 1.75. The number of fused-ring (bicyclic) bond motifs is 6. The van der Waals surface area contributed by atoms with Crippen molar-refractivity contribution in [2.75, 3.05) is 104 Å². The van der Waals surface area contributed by atoms with Gasteiger partial charge in [0, 0.05) is 72.0 Å². The molecule has 5 unspecified atom stereocenters. The molecule has 3 aromatic rings. The van der Waals surface area contributed by atoms with Gasteiger partial charge in [0.2, 0.25) is 29.5 Å². The van der Waals surface area contributed by atoms with Gasteiger partial charge in [-0.05, 0) is 261 Å². The van der Waals surface area contributed by atoms with Crippen molar-refractivity contribution < 1.29 is 72.0 Å². The van der Waals surface area contributed by atoms with Gasteiger partial charge in [-0.15, -0.1) is 0 Å². The van der Waals surface area contributed by atoms with Gasteiger partial charge in [-0.3, -0.25) is 58.5 Å². The van der Waals surface area contributed by atoms with Gasteiger partial charge in [0.15, 0.2) is 0 Å². The van der Waals surface area contributed by atoms with Crippen LogP contribution in [0.5, 0.6) is 0 Å².